The predicted octanol–water partition coefficient (Wildman–Crippen LogP) is 1.92. The second-order valence-electron chi connectivity index (χ2n) is 5.63. The Morgan fingerprint density at radius 1 is 1.16 bits per heavy atom. The van der Waals surface area contributed by atoms with Crippen LogP contribution in [-0.2, 0) is 17.8 Å². The molecule has 2 rings (SSSR count). The van der Waals surface area contributed by atoms with Crippen LogP contribution in [-0.4, -0.2) is 30.7 Å². The van der Waals surface area contributed by atoms with Gasteiger partial charge in [0.25, 0.3) is 5.56 Å². The molecule has 1 aromatic carbocycles. The van der Waals surface area contributed by atoms with E-state index in [1.807, 2.05) is 38.1 Å². The van der Waals surface area contributed by atoms with Crippen molar-refractivity contribution in [1.29, 1.82) is 0 Å². The van der Waals surface area contributed by atoms with Crippen molar-refractivity contribution < 1.29 is 14.3 Å². The number of rotatable bonds is 8. The Morgan fingerprint density at radius 3 is 2.48 bits per heavy atom. The van der Waals surface area contributed by atoms with Gasteiger partial charge >= 0.3 is 0 Å². The van der Waals surface area contributed by atoms with E-state index in [0.29, 0.717) is 31.9 Å². The van der Waals surface area contributed by atoms with Gasteiger partial charge in [-0.05, 0) is 37.6 Å². The van der Waals surface area contributed by atoms with Crippen LogP contribution in [0, 0.1) is 6.92 Å². The lowest BCUT2D eigenvalue weighted by molar-refractivity contribution is -0.120. The molecule has 0 saturated heterocycles. The van der Waals surface area contributed by atoms with E-state index in [4.69, 9.17) is 9.47 Å². The van der Waals surface area contributed by atoms with Crippen molar-refractivity contribution in [2.45, 2.75) is 26.8 Å². The summed E-state index contributed by atoms with van der Waals surface area (Å²) in [5.74, 6) is 1.25. The topological polar surface area (TPSA) is 69.6 Å². The largest absolute Gasteiger partial charge is 0.496 e. The van der Waals surface area contributed by atoms with E-state index in [0.717, 1.165) is 17.0 Å². The summed E-state index contributed by atoms with van der Waals surface area (Å²) in [5, 5.41) is 2.84. The molecule has 0 aliphatic heterocycles. The van der Waals surface area contributed by atoms with Crippen LogP contribution >= 0.6 is 0 Å². The third-order valence-electron chi connectivity index (χ3n) is 3.80. The van der Waals surface area contributed by atoms with Crippen molar-refractivity contribution in [3.8, 4) is 11.5 Å². The van der Waals surface area contributed by atoms with Crippen LogP contribution in [0.1, 0.15) is 18.2 Å². The SMILES string of the molecule is CCOc1ccc(CC(=O)NCCn2c(C)cc(OC)cc2=O)cc1. The highest BCUT2D eigenvalue weighted by molar-refractivity contribution is 5.78. The summed E-state index contributed by atoms with van der Waals surface area (Å²) < 4.78 is 12.1. The number of amides is 1. The van der Waals surface area contributed by atoms with Crippen LogP contribution in [0.15, 0.2) is 41.2 Å². The summed E-state index contributed by atoms with van der Waals surface area (Å²) in [4.78, 5) is 24.1. The van der Waals surface area contributed by atoms with Gasteiger partial charge in [0.15, 0.2) is 0 Å². The molecule has 1 N–H and O–H groups in total. The maximum Gasteiger partial charge on any atom is 0.254 e. The Kier molecular flexibility index (Phi) is 6.62. The molecule has 134 valence electrons. The normalized spacial score (nSPS) is 10.4. The number of ether oxygens (including phenoxy) is 2. The average molecular weight is 344 g/mol. The first-order valence-corrected chi connectivity index (χ1v) is 8.27. The Labute approximate surface area is 147 Å². The van der Waals surface area contributed by atoms with Crippen molar-refractivity contribution in [2.24, 2.45) is 0 Å². The molecule has 0 aliphatic carbocycles. The first-order valence-electron chi connectivity index (χ1n) is 8.27. The molecule has 0 bridgehead atoms. The third kappa shape index (κ3) is 5.38. The quantitative estimate of drug-likeness (QED) is 0.794. The van der Waals surface area contributed by atoms with Gasteiger partial charge in [-0.15, -0.1) is 0 Å². The van der Waals surface area contributed by atoms with Crippen molar-refractivity contribution >= 4 is 5.91 Å². The van der Waals surface area contributed by atoms with Gasteiger partial charge < -0.3 is 19.4 Å². The molecule has 0 spiro atoms. The molecule has 1 aromatic heterocycles. The molecular formula is C19H24N2O4. The van der Waals surface area contributed by atoms with E-state index in [1.54, 1.807) is 10.6 Å². The van der Waals surface area contributed by atoms with Gasteiger partial charge in [0.05, 0.1) is 20.1 Å². The number of hydrogen-bond acceptors (Lipinski definition) is 4. The summed E-state index contributed by atoms with van der Waals surface area (Å²) in [6, 6.07) is 10.7. The van der Waals surface area contributed by atoms with E-state index in [2.05, 4.69) is 5.32 Å². The molecule has 0 radical (unpaired) electrons. The summed E-state index contributed by atoms with van der Waals surface area (Å²) in [6.45, 7) is 5.19. The minimum Gasteiger partial charge on any atom is -0.496 e. The molecule has 0 fully saturated rings. The number of nitrogens with one attached hydrogen (secondary N) is 1. The molecule has 0 aliphatic rings. The molecule has 25 heavy (non-hydrogen) atoms. The lowest BCUT2D eigenvalue weighted by atomic mass is 10.1. The summed E-state index contributed by atoms with van der Waals surface area (Å²) in [5.41, 5.74) is 1.57. The number of hydrogen-bond donors (Lipinski definition) is 1. The second-order valence-corrected chi connectivity index (χ2v) is 5.63. The summed E-state index contributed by atoms with van der Waals surface area (Å²) in [7, 11) is 1.53. The van der Waals surface area contributed by atoms with Gasteiger partial charge in [0.2, 0.25) is 5.91 Å². The highest BCUT2D eigenvalue weighted by Gasteiger charge is 2.06. The first kappa shape index (κ1) is 18.6. The number of pyridine rings is 1. The minimum atomic E-state index is -0.141. The van der Waals surface area contributed by atoms with Crippen LogP contribution < -0.4 is 20.3 Å². The van der Waals surface area contributed by atoms with Crippen LogP contribution in [0.2, 0.25) is 0 Å². The zero-order chi connectivity index (χ0) is 18.2. The van der Waals surface area contributed by atoms with E-state index in [1.165, 1.54) is 13.2 Å². The monoisotopic (exact) mass is 344 g/mol. The van der Waals surface area contributed by atoms with E-state index in [-0.39, 0.29) is 11.5 Å². The fraction of sp³-hybridized carbons (Fsp3) is 0.368. The van der Waals surface area contributed by atoms with Crippen molar-refractivity contribution in [1.82, 2.24) is 9.88 Å². The van der Waals surface area contributed by atoms with E-state index in [9.17, 15) is 9.59 Å². The maximum absolute atomic E-state index is 12.0. The Hall–Kier alpha value is -2.76. The van der Waals surface area contributed by atoms with E-state index >= 15 is 0 Å². The fourth-order valence-corrected chi connectivity index (χ4v) is 2.53. The van der Waals surface area contributed by atoms with Crippen molar-refractivity contribution in [3.63, 3.8) is 0 Å². The number of nitrogens with zero attached hydrogens (tertiary/aromatic N) is 1. The van der Waals surface area contributed by atoms with Gasteiger partial charge in [-0.3, -0.25) is 9.59 Å². The smallest absolute Gasteiger partial charge is 0.254 e. The molecule has 1 amide bonds. The lowest BCUT2D eigenvalue weighted by Gasteiger charge is -2.12. The molecule has 6 nitrogen and oxygen atoms in total. The number of aryl methyl sites for hydroxylation is 1. The highest BCUT2D eigenvalue weighted by atomic mass is 16.5. The second kappa shape index (κ2) is 8.92. The van der Waals surface area contributed by atoms with Gasteiger partial charge in [-0.1, -0.05) is 12.1 Å². The maximum atomic E-state index is 12.0. The van der Waals surface area contributed by atoms with Gasteiger partial charge in [0, 0.05) is 24.8 Å². The number of benzene rings is 1. The van der Waals surface area contributed by atoms with Crippen LogP contribution in [0.3, 0.4) is 0 Å². The Bertz CT molecular complexity index is 766. The number of methoxy groups -OCH3 is 1. The standard InChI is InChI=1S/C19H24N2O4/c1-4-25-16-7-5-15(6-8-16)12-18(22)20-9-10-21-14(2)11-17(24-3)13-19(21)23/h5-8,11,13H,4,9-10,12H2,1-3H3,(H,20,22). The highest BCUT2D eigenvalue weighted by Crippen LogP contribution is 2.12. The molecule has 0 saturated carbocycles. The van der Waals surface area contributed by atoms with Gasteiger partial charge in [-0.2, -0.15) is 0 Å². The molecular weight excluding hydrogens is 320 g/mol. The average Bonchev–Trinajstić information content (AvgIpc) is 2.59. The first-order chi connectivity index (χ1) is 12.0. The van der Waals surface area contributed by atoms with Gasteiger partial charge in [0.1, 0.15) is 11.5 Å². The predicted molar refractivity (Wildman–Crippen MR) is 96.3 cm³/mol. The zero-order valence-electron chi connectivity index (χ0n) is 14.9. The molecule has 2 aromatic rings. The Balaban J connectivity index is 1.85. The fourth-order valence-electron chi connectivity index (χ4n) is 2.53. The molecule has 0 unspecified atom stereocenters. The van der Waals surface area contributed by atoms with Crippen molar-refractivity contribution in [2.75, 3.05) is 20.3 Å². The van der Waals surface area contributed by atoms with E-state index < -0.39 is 0 Å². The number of aromatic nitrogens is 1. The summed E-state index contributed by atoms with van der Waals surface area (Å²) in [6.07, 6.45) is 0.295. The van der Waals surface area contributed by atoms with Crippen LogP contribution in [0.5, 0.6) is 11.5 Å². The lowest BCUT2D eigenvalue weighted by Crippen LogP contribution is -2.32. The molecule has 0 atom stereocenters. The summed E-state index contributed by atoms with van der Waals surface area (Å²) >= 11 is 0. The van der Waals surface area contributed by atoms with Crippen molar-refractivity contribution in [3.05, 3.63) is 58.0 Å². The Morgan fingerprint density at radius 2 is 1.88 bits per heavy atom. The molecule has 6 heteroatoms. The minimum absolute atomic E-state index is 0.0802. The zero-order valence-corrected chi connectivity index (χ0v) is 14.9. The molecule has 1 heterocycles. The van der Waals surface area contributed by atoms with Gasteiger partial charge in [-0.25, -0.2) is 0 Å². The van der Waals surface area contributed by atoms with Crippen LogP contribution in [0.25, 0.3) is 0 Å². The third-order valence-corrected chi connectivity index (χ3v) is 3.80. The number of carbonyl (C=O) groups is 1. The van der Waals surface area contributed by atoms with Crippen LogP contribution in [0.4, 0.5) is 0 Å². The number of carbonyl (C=O) groups excluding carboxylic acids is 1.